The summed E-state index contributed by atoms with van der Waals surface area (Å²) >= 11 is 0. The normalized spacial score (nSPS) is 17.6. The molecule has 2 aromatic heterocycles. The van der Waals surface area contributed by atoms with Crippen molar-refractivity contribution in [2.45, 2.75) is 58.8 Å². The zero-order valence-corrected chi connectivity index (χ0v) is 29.8. The smallest absolute Gasteiger partial charge is 0.164 e. The molecular weight excluding hydrogens is 623 g/mol. The molecule has 2 unspecified atom stereocenters. The van der Waals surface area contributed by atoms with Gasteiger partial charge in [0.1, 0.15) is 0 Å². The molecule has 2 atom stereocenters. The highest BCUT2D eigenvalue weighted by Crippen LogP contribution is 2.39. The topological polar surface area (TPSA) is 63.9 Å². The van der Waals surface area contributed by atoms with Crippen LogP contribution in [-0.4, -0.2) is 26.2 Å². The molecule has 7 rings (SSSR count). The number of allylic oxidation sites excluding steroid dienone is 10. The molecule has 5 aromatic rings. The predicted octanol–water partition coefficient (Wildman–Crippen LogP) is 11.4. The number of hydrogen-bond donors (Lipinski definition) is 0. The van der Waals surface area contributed by atoms with Crippen molar-refractivity contribution in [3.05, 3.63) is 173 Å². The van der Waals surface area contributed by atoms with Crippen molar-refractivity contribution >= 4 is 22.9 Å². The van der Waals surface area contributed by atoms with Gasteiger partial charge in [0.05, 0.1) is 0 Å². The summed E-state index contributed by atoms with van der Waals surface area (Å²) in [6.07, 6.45) is 19.9. The minimum absolute atomic E-state index is 0.140. The summed E-state index contributed by atoms with van der Waals surface area (Å²) in [5, 5.41) is 0. The summed E-state index contributed by atoms with van der Waals surface area (Å²) in [5.41, 5.74) is 12.3. The first kappa shape index (κ1) is 33.7. The van der Waals surface area contributed by atoms with Gasteiger partial charge in [0.15, 0.2) is 17.5 Å². The average Bonchev–Trinajstić information content (AvgIpc) is 3.19. The van der Waals surface area contributed by atoms with E-state index in [-0.39, 0.29) is 5.92 Å². The van der Waals surface area contributed by atoms with Gasteiger partial charge in [-0.2, -0.15) is 0 Å². The van der Waals surface area contributed by atoms with E-state index in [0.717, 1.165) is 69.6 Å². The highest BCUT2D eigenvalue weighted by atomic mass is 15.0. The molecule has 0 saturated heterocycles. The molecule has 2 aliphatic rings. The number of pyridine rings is 1. The number of aromatic nitrogens is 4. The van der Waals surface area contributed by atoms with E-state index >= 15 is 0 Å². The third-order valence-electron chi connectivity index (χ3n) is 9.56. The van der Waals surface area contributed by atoms with Crippen molar-refractivity contribution in [3.8, 4) is 22.5 Å². The first-order valence-corrected chi connectivity index (χ1v) is 17.9. The highest BCUT2D eigenvalue weighted by Gasteiger charge is 2.23. The summed E-state index contributed by atoms with van der Waals surface area (Å²) in [5.74, 6) is 2.52. The molecule has 0 bridgehead atoms. The third kappa shape index (κ3) is 7.99. The fraction of sp³-hybridized carbons (Fsp3) is 0.196. The van der Waals surface area contributed by atoms with Gasteiger partial charge in [-0.3, -0.25) is 9.98 Å². The summed E-state index contributed by atoms with van der Waals surface area (Å²) < 4.78 is 0. The molecule has 3 heterocycles. The standard InChI is InChI=1S/C46H43N5/c1-5-6-8-11-31(2)44-49-45(38-12-9-7-10-13-38)51-46(50-44)43-27-41(36-22-18-34(19-23-36)39-16-14-32(3)47-29-39)26-42(28-43)37-24-20-35(21-25-37)40-17-15-33(4)48-30-40/h6-16,18-27,29-30,40,42H,5,17,28H2,1-4H3/b8-6-,31-11+. The lowest BCUT2D eigenvalue weighted by molar-refractivity contribution is 0.847. The van der Waals surface area contributed by atoms with Gasteiger partial charge in [-0.25, -0.2) is 15.0 Å². The molecular formula is C46H43N5. The van der Waals surface area contributed by atoms with Crippen LogP contribution in [0.4, 0.5) is 0 Å². The molecule has 0 N–H and O–H groups in total. The minimum atomic E-state index is 0.140. The van der Waals surface area contributed by atoms with E-state index in [1.165, 1.54) is 11.1 Å². The molecule has 0 saturated carbocycles. The second-order valence-electron chi connectivity index (χ2n) is 13.4. The molecule has 1 aliphatic carbocycles. The van der Waals surface area contributed by atoms with Crippen LogP contribution in [-0.2, 0) is 0 Å². The van der Waals surface area contributed by atoms with E-state index in [2.05, 4.69) is 146 Å². The maximum Gasteiger partial charge on any atom is 0.164 e. The van der Waals surface area contributed by atoms with Gasteiger partial charge in [0.2, 0.25) is 0 Å². The first-order valence-electron chi connectivity index (χ1n) is 17.9. The van der Waals surface area contributed by atoms with Crippen LogP contribution >= 0.6 is 0 Å². The Morgan fingerprint density at radius 3 is 2.14 bits per heavy atom. The molecule has 252 valence electrons. The van der Waals surface area contributed by atoms with Crippen molar-refractivity contribution < 1.29 is 0 Å². The lowest BCUT2D eigenvalue weighted by Crippen LogP contribution is -2.09. The number of rotatable bonds is 9. The average molecular weight is 666 g/mol. The van der Waals surface area contributed by atoms with E-state index in [9.17, 15) is 0 Å². The molecule has 0 spiro atoms. The molecule has 5 nitrogen and oxygen atoms in total. The minimum Gasteiger partial charge on any atom is -0.266 e. The molecule has 3 aromatic carbocycles. The Morgan fingerprint density at radius 2 is 1.45 bits per heavy atom. The van der Waals surface area contributed by atoms with Gasteiger partial charge in [-0.15, -0.1) is 0 Å². The molecule has 5 heteroatoms. The first-order chi connectivity index (χ1) is 24.9. The Kier molecular flexibility index (Phi) is 10.2. The van der Waals surface area contributed by atoms with Crippen LogP contribution < -0.4 is 0 Å². The maximum atomic E-state index is 5.11. The van der Waals surface area contributed by atoms with E-state index in [0.29, 0.717) is 23.4 Å². The van der Waals surface area contributed by atoms with Gasteiger partial charge < -0.3 is 0 Å². The number of nitrogens with zero attached hydrogens (tertiary/aromatic N) is 5. The Labute approximate surface area is 301 Å². The number of hydrogen-bond acceptors (Lipinski definition) is 5. The fourth-order valence-electron chi connectivity index (χ4n) is 6.52. The largest absolute Gasteiger partial charge is 0.266 e. The molecule has 51 heavy (non-hydrogen) atoms. The summed E-state index contributed by atoms with van der Waals surface area (Å²) in [6.45, 7) is 8.27. The van der Waals surface area contributed by atoms with Gasteiger partial charge in [0, 0.05) is 46.8 Å². The SMILES string of the molecule is CC/C=C\C=C(/C)c1nc(C2=CC(c3ccc(-c4ccc(C)nc4)cc3)=CC(c3ccc(C4C=NC(C)=CC4)cc3)C2)nc(-c2ccccc2)n1. The lowest BCUT2D eigenvalue weighted by atomic mass is 9.82. The van der Waals surface area contributed by atoms with Crippen molar-refractivity contribution in [1.29, 1.82) is 0 Å². The second-order valence-corrected chi connectivity index (χ2v) is 13.4. The monoisotopic (exact) mass is 665 g/mol. The molecule has 0 fully saturated rings. The van der Waals surface area contributed by atoms with E-state index < -0.39 is 0 Å². The van der Waals surface area contributed by atoms with Crippen LogP contribution in [0.5, 0.6) is 0 Å². The lowest BCUT2D eigenvalue weighted by Gasteiger charge is -2.23. The molecule has 0 amide bonds. The van der Waals surface area contributed by atoms with Gasteiger partial charge in [-0.05, 0) is 91.1 Å². The second kappa shape index (κ2) is 15.4. The number of aryl methyl sites for hydroxylation is 1. The van der Waals surface area contributed by atoms with Crippen molar-refractivity contribution in [2.75, 3.05) is 0 Å². The fourth-order valence-corrected chi connectivity index (χ4v) is 6.52. The zero-order valence-electron chi connectivity index (χ0n) is 29.8. The van der Waals surface area contributed by atoms with Crippen LogP contribution in [0.15, 0.2) is 144 Å². The summed E-state index contributed by atoms with van der Waals surface area (Å²) in [4.78, 5) is 24.3. The van der Waals surface area contributed by atoms with E-state index in [1.807, 2.05) is 31.3 Å². The van der Waals surface area contributed by atoms with Crippen LogP contribution in [0.2, 0.25) is 0 Å². The number of aliphatic imine (C=N–C) groups is 1. The van der Waals surface area contributed by atoms with Crippen molar-refractivity contribution in [2.24, 2.45) is 4.99 Å². The summed E-state index contributed by atoms with van der Waals surface area (Å²) in [7, 11) is 0. The van der Waals surface area contributed by atoms with E-state index in [1.54, 1.807) is 0 Å². The van der Waals surface area contributed by atoms with Gasteiger partial charge in [0.25, 0.3) is 0 Å². The summed E-state index contributed by atoms with van der Waals surface area (Å²) in [6, 6.07) is 32.3. The van der Waals surface area contributed by atoms with Crippen LogP contribution in [0.3, 0.4) is 0 Å². The highest BCUT2D eigenvalue weighted by molar-refractivity contribution is 5.87. The maximum absolute atomic E-state index is 5.11. The Bertz CT molecular complexity index is 2180. The Balaban J connectivity index is 1.29. The Hall–Kier alpha value is -5.81. The van der Waals surface area contributed by atoms with Crippen molar-refractivity contribution in [3.63, 3.8) is 0 Å². The zero-order chi connectivity index (χ0) is 35.2. The predicted molar refractivity (Wildman–Crippen MR) is 212 cm³/mol. The van der Waals surface area contributed by atoms with Crippen LogP contribution in [0.1, 0.15) is 85.9 Å². The Morgan fingerprint density at radius 1 is 0.745 bits per heavy atom. The van der Waals surface area contributed by atoms with Crippen LogP contribution in [0, 0.1) is 6.92 Å². The van der Waals surface area contributed by atoms with E-state index in [4.69, 9.17) is 15.0 Å². The third-order valence-corrected chi connectivity index (χ3v) is 9.56. The van der Waals surface area contributed by atoms with Crippen LogP contribution in [0.25, 0.3) is 39.2 Å². The van der Waals surface area contributed by atoms with Gasteiger partial charge >= 0.3 is 0 Å². The molecule has 0 radical (unpaired) electrons. The molecule has 1 aliphatic heterocycles. The van der Waals surface area contributed by atoms with Crippen molar-refractivity contribution in [1.82, 2.24) is 19.9 Å². The number of benzene rings is 3. The van der Waals surface area contributed by atoms with Gasteiger partial charge in [-0.1, -0.05) is 122 Å². The quantitative estimate of drug-likeness (QED) is 0.147.